The van der Waals surface area contributed by atoms with Crippen molar-refractivity contribution in [3.63, 3.8) is 0 Å². The first-order valence-corrected chi connectivity index (χ1v) is 11.5. The highest BCUT2D eigenvalue weighted by atomic mass is 16.6. The lowest BCUT2D eigenvalue weighted by Crippen LogP contribution is -2.27. The molecule has 2 atom stereocenters. The third-order valence-corrected chi connectivity index (χ3v) is 5.85. The first kappa shape index (κ1) is 23.1. The van der Waals surface area contributed by atoms with Crippen LogP contribution in [-0.4, -0.2) is 32.1 Å². The second-order valence-corrected chi connectivity index (χ2v) is 9.76. The normalized spacial score (nSPS) is 16.9. The number of carbonyl (C=O) groups is 2. The van der Waals surface area contributed by atoms with E-state index in [-0.39, 0.29) is 23.4 Å². The van der Waals surface area contributed by atoms with Gasteiger partial charge < -0.3 is 15.0 Å². The standard InChI is InChI=1S/C26H24N6O4/c1-26(2,3)36-25(35)30-20-11-16(32-21-7-5-4-6-19(21)29-24(32)34)8-14-10-22(28-13-18(14)20)31-23(33)17-9-15(17)12-27/h4-8,10-11,13,15,17H,9H2,1-3H3,(H,29,34)(H,30,35)(H,28,31,33)/t15-,17+/m1/s1. The van der Waals surface area contributed by atoms with Crippen LogP contribution in [0.5, 0.6) is 0 Å². The number of ether oxygens (including phenoxy) is 1. The molecule has 182 valence electrons. The van der Waals surface area contributed by atoms with E-state index in [1.54, 1.807) is 45.0 Å². The number of hydrogen-bond donors (Lipinski definition) is 3. The molecular formula is C26H24N6O4. The predicted molar refractivity (Wildman–Crippen MR) is 135 cm³/mol. The van der Waals surface area contributed by atoms with Gasteiger partial charge in [0, 0.05) is 11.6 Å². The van der Waals surface area contributed by atoms with Gasteiger partial charge in [-0.05, 0) is 62.9 Å². The molecule has 10 heteroatoms. The fraction of sp³-hybridized carbons (Fsp3) is 0.269. The first-order chi connectivity index (χ1) is 17.1. The van der Waals surface area contributed by atoms with Crippen LogP contribution in [0.15, 0.2) is 53.5 Å². The van der Waals surface area contributed by atoms with Gasteiger partial charge in [-0.25, -0.2) is 14.6 Å². The third-order valence-electron chi connectivity index (χ3n) is 5.85. The Bertz CT molecular complexity index is 1620. The van der Waals surface area contributed by atoms with Crippen molar-refractivity contribution >= 4 is 45.3 Å². The molecule has 0 aliphatic heterocycles. The average Bonchev–Trinajstić information content (AvgIpc) is 3.52. The molecule has 2 aromatic carbocycles. The van der Waals surface area contributed by atoms with Gasteiger partial charge >= 0.3 is 11.8 Å². The molecule has 10 nitrogen and oxygen atoms in total. The summed E-state index contributed by atoms with van der Waals surface area (Å²) in [6.45, 7) is 5.29. The van der Waals surface area contributed by atoms with Crippen molar-refractivity contribution in [3.8, 4) is 11.8 Å². The van der Waals surface area contributed by atoms with Crippen LogP contribution in [0.3, 0.4) is 0 Å². The number of aromatic nitrogens is 3. The average molecular weight is 485 g/mol. The zero-order valence-electron chi connectivity index (χ0n) is 20.0. The molecule has 4 aromatic rings. The number of anilines is 2. The van der Waals surface area contributed by atoms with Crippen LogP contribution in [0.25, 0.3) is 27.5 Å². The van der Waals surface area contributed by atoms with Crippen molar-refractivity contribution in [2.24, 2.45) is 11.8 Å². The predicted octanol–water partition coefficient (Wildman–Crippen LogP) is 4.31. The highest BCUT2D eigenvalue weighted by Gasteiger charge is 2.43. The molecule has 1 aliphatic rings. The minimum Gasteiger partial charge on any atom is -0.444 e. The Morgan fingerprint density at radius 2 is 1.97 bits per heavy atom. The van der Waals surface area contributed by atoms with Gasteiger partial charge in [0.15, 0.2) is 0 Å². The zero-order valence-corrected chi connectivity index (χ0v) is 20.0. The summed E-state index contributed by atoms with van der Waals surface area (Å²) >= 11 is 0. The van der Waals surface area contributed by atoms with Crippen LogP contribution in [0, 0.1) is 23.2 Å². The molecule has 0 bridgehead atoms. The molecule has 5 rings (SSSR count). The molecule has 1 fully saturated rings. The van der Waals surface area contributed by atoms with Crippen LogP contribution in [0.2, 0.25) is 0 Å². The summed E-state index contributed by atoms with van der Waals surface area (Å²) < 4.78 is 6.93. The summed E-state index contributed by atoms with van der Waals surface area (Å²) in [4.78, 5) is 45.0. The lowest BCUT2D eigenvalue weighted by atomic mass is 10.1. The third kappa shape index (κ3) is 4.51. The van der Waals surface area contributed by atoms with E-state index < -0.39 is 11.7 Å². The van der Waals surface area contributed by atoms with Gasteiger partial charge in [0.2, 0.25) is 5.91 Å². The Hall–Kier alpha value is -4.65. The fourth-order valence-electron chi connectivity index (χ4n) is 4.11. The summed E-state index contributed by atoms with van der Waals surface area (Å²) in [6, 6.07) is 14.5. The molecule has 36 heavy (non-hydrogen) atoms. The van der Waals surface area contributed by atoms with E-state index in [4.69, 9.17) is 10.00 Å². The van der Waals surface area contributed by atoms with Crippen molar-refractivity contribution in [1.82, 2.24) is 14.5 Å². The second-order valence-electron chi connectivity index (χ2n) is 9.76. The Labute approximate surface area is 205 Å². The highest BCUT2D eigenvalue weighted by molar-refractivity contribution is 6.03. The van der Waals surface area contributed by atoms with E-state index in [1.165, 1.54) is 10.8 Å². The molecule has 3 N–H and O–H groups in total. The smallest absolute Gasteiger partial charge is 0.412 e. The van der Waals surface area contributed by atoms with E-state index in [0.29, 0.717) is 45.4 Å². The number of amides is 2. The fourth-order valence-corrected chi connectivity index (χ4v) is 4.11. The number of nitriles is 1. The van der Waals surface area contributed by atoms with E-state index in [9.17, 15) is 14.4 Å². The van der Waals surface area contributed by atoms with E-state index >= 15 is 0 Å². The summed E-state index contributed by atoms with van der Waals surface area (Å²) in [5.74, 6) is -0.560. The quantitative estimate of drug-likeness (QED) is 0.394. The van der Waals surface area contributed by atoms with Gasteiger partial charge in [0.25, 0.3) is 0 Å². The highest BCUT2D eigenvalue weighted by Crippen LogP contribution is 2.38. The number of pyridine rings is 1. The van der Waals surface area contributed by atoms with Crippen LogP contribution in [0.1, 0.15) is 27.2 Å². The van der Waals surface area contributed by atoms with Crippen molar-refractivity contribution in [1.29, 1.82) is 5.26 Å². The number of hydrogen-bond acceptors (Lipinski definition) is 6. The molecular weight excluding hydrogens is 460 g/mol. The molecule has 0 radical (unpaired) electrons. The molecule has 1 aliphatic carbocycles. The number of rotatable bonds is 4. The number of nitrogens with zero attached hydrogens (tertiary/aromatic N) is 3. The van der Waals surface area contributed by atoms with Crippen molar-refractivity contribution in [2.75, 3.05) is 10.6 Å². The molecule has 0 unspecified atom stereocenters. The summed E-state index contributed by atoms with van der Waals surface area (Å²) in [5.41, 5.74) is 1.20. The van der Waals surface area contributed by atoms with E-state index in [2.05, 4.69) is 26.7 Å². The van der Waals surface area contributed by atoms with Crippen molar-refractivity contribution in [3.05, 3.63) is 59.1 Å². The Morgan fingerprint density at radius 1 is 1.19 bits per heavy atom. The van der Waals surface area contributed by atoms with E-state index in [1.807, 2.05) is 18.2 Å². The number of para-hydroxylation sites is 2. The number of fused-ring (bicyclic) bond motifs is 2. The lowest BCUT2D eigenvalue weighted by Gasteiger charge is -2.20. The van der Waals surface area contributed by atoms with Crippen molar-refractivity contribution in [2.45, 2.75) is 32.8 Å². The van der Waals surface area contributed by atoms with Crippen molar-refractivity contribution < 1.29 is 14.3 Å². The monoisotopic (exact) mass is 484 g/mol. The largest absolute Gasteiger partial charge is 0.444 e. The topological polar surface area (TPSA) is 142 Å². The van der Waals surface area contributed by atoms with Gasteiger partial charge in [0.05, 0.1) is 40.3 Å². The SMILES string of the molecule is CC(C)(C)OC(=O)Nc1cc(-n2c(=O)[nH]c3ccccc32)cc2cc(NC(=O)[C@H]3C[C@@H]3C#N)ncc12. The Balaban J connectivity index is 1.60. The van der Waals surface area contributed by atoms with Crippen LogP contribution in [-0.2, 0) is 9.53 Å². The number of imidazole rings is 1. The van der Waals surface area contributed by atoms with Gasteiger partial charge in [-0.3, -0.25) is 14.7 Å². The lowest BCUT2D eigenvalue weighted by molar-refractivity contribution is -0.117. The maximum absolute atomic E-state index is 12.8. The molecule has 2 amide bonds. The molecule has 1 saturated carbocycles. The second kappa shape index (κ2) is 8.53. The molecule has 2 aromatic heterocycles. The number of nitrogens with one attached hydrogen (secondary N) is 3. The summed E-state index contributed by atoms with van der Waals surface area (Å²) in [6.07, 6.45) is 1.42. The minimum absolute atomic E-state index is 0.260. The van der Waals surface area contributed by atoms with Gasteiger partial charge in [-0.2, -0.15) is 5.26 Å². The van der Waals surface area contributed by atoms with Crippen LogP contribution in [0.4, 0.5) is 16.3 Å². The number of carbonyl (C=O) groups excluding carboxylic acids is 2. The van der Waals surface area contributed by atoms with Gasteiger partial charge in [-0.1, -0.05) is 12.1 Å². The summed E-state index contributed by atoms with van der Waals surface area (Å²) in [5, 5.41) is 15.8. The molecule has 2 heterocycles. The van der Waals surface area contributed by atoms with Gasteiger partial charge in [-0.15, -0.1) is 0 Å². The first-order valence-electron chi connectivity index (χ1n) is 11.5. The Morgan fingerprint density at radius 3 is 2.69 bits per heavy atom. The minimum atomic E-state index is -0.703. The molecule has 0 saturated heterocycles. The summed E-state index contributed by atoms with van der Waals surface area (Å²) in [7, 11) is 0. The maximum atomic E-state index is 12.8. The number of H-pyrrole nitrogens is 1. The Kier molecular flexibility index (Phi) is 5.48. The maximum Gasteiger partial charge on any atom is 0.412 e. The number of benzene rings is 2. The van der Waals surface area contributed by atoms with Crippen LogP contribution < -0.4 is 16.3 Å². The molecule has 0 spiro atoms. The van der Waals surface area contributed by atoms with Crippen LogP contribution >= 0.6 is 0 Å². The van der Waals surface area contributed by atoms with Gasteiger partial charge in [0.1, 0.15) is 11.4 Å². The van der Waals surface area contributed by atoms with E-state index in [0.717, 1.165) is 0 Å². The zero-order chi connectivity index (χ0) is 25.6. The number of aromatic amines is 1.